The van der Waals surface area contributed by atoms with E-state index in [-0.39, 0.29) is 17.5 Å². The van der Waals surface area contributed by atoms with Gasteiger partial charge in [-0.15, -0.1) is 0 Å². The quantitative estimate of drug-likeness (QED) is 0.733. The predicted molar refractivity (Wildman–Crippen MR) is 65.4 cm³/mol. The zero-order chi connectivity index (χ0) is 12.0. The van der Waals surface area contributed by atoms with Gasteiger partial charge in [0.05, 0.1) is 11.2 Å². The highest BCUT2D eigenvalue weighted by atomic mass is 16.7. The van der Waals surface area contributed by atoms with Gasteiger partial charge in [0.2, 0.25) is 0 Å². The van der Waals surface area contributed by atoms with Gasteiger partial charge in [-0.3, -0.25) is 0 Å². The van der Waals surface area contributed by atoms with Gasteiger partial charge in [-0.05, 0) is 63.7 Å². The predicted octanol–water partition coefficient (Wildman–Crippen LogP) is 3.21. The van der Waals surface area contributed by atoms with E-state index in [1.807, 2.05) is 0 Å². The van der Waals surface area contributed by atoms with Crippen LogP contribution in [0.1, 0.15) is 47.0 Å². The molecule has 4 aliphatic carbocycles. The molecule has 0 aromatic carbocycles. The summed E-state index contributed by atoms with van der Waals surface area (Å²) >= 11 is 0. The number of hydrogen-bond donors (Lipinski definition) is 0. The first-order valence-electron chi connectivity index (χ1n) is 7.27. The summed E-state index contributed by atoms with van der Waals surface area (Å²) in [6.07, 6.45) is 4.39. The molecule has 6 atom stereocenters. The maximum atomic E-state index is 6.45. The van der Waals surface area contributed by atoms with E-state index in [1.54, 1.807) is 0 Å². The molecule has 0 spiro atoms. The van der Waals surface area contributed by atoms with Crippen molar-refractivity contribution in [3.05, 3.63) is 0 Å². The molecule has 1 heterocycles. The fourth-order valence-electron chi connectivity index (χ4n) is 5.27. The van der Waals surface area contributed by atoms with Crippen LogP contribution in [0.15, 0.2) is 0 Å². The van der Waals surface area contributed by atoms with Gasteiger partial charge < -0.3 is 9.47 Å². The van der Waals surface area contributed by atoms with Crippen molar-refractivity contribution in [3.8, 4) is 0 Å². The van der Waals surface area contributed by atoms with Crippen LogP contribution in [0.5, 0.6) is 0 Å². The Kier molecular flexibility index (Phi) is 1.85. The molecule has 2 heteroatoms. The van der Waals surface area contributed by atoms with Crippen molar-refractivity contribution in [1.82, 2.24) is 0 Å². The molecule has 0 radical (unpaired) electrons. The van der Waals surface area contributed by atoms with Crippen LogP contribution < -0.4 is 0 Å². The van der Waals surface area contributed by atoms with Crippen LogP contribution in [-0.4, -0.2) is 17.5 Å². The summed E-state index contributed by atoms with van der Waals surface area (Å²) in [5, 5.41) is 0. The van der Waals surface area contributed by atoms with E-state index in [9.17, 15) is 0 Å². The summed E-state index contributed by atoms with van der Waals surface area (Å²) in [6, 6.07) is 0. The molecular weight excluding hydrogens is 212 g/mol. The molecule has 2 nitrogen and oxygen atoms in total. The molecule has 0 aromatic heterocycles. The van der Waals surface area contributed by atoms with Crippen molar-refractivity contribution in [1.29, 1.82) is 0 Å². The van der Waals surface area contributed by atoms with Gasteiger partial charge in [0.15, 0.2) is 6.29 Å². The highest BCUT2D eigenvalue weighted by molar-refractivity contribution is 5.16. The molecule has 96 valence electrons. The lowest BCUT2D eigenvalue weighted by Crippen LogP contribution is -2.59. The molecule has 5 aliphatic rings. The molecule has 1 aliphatic heterocycles. The van der Waals surface area contributed by atoms with E-state index in [0.717, 1.165) is 23.7 Å². The van der Waals surface area contributed by atoms with Crippen molar-refractivity contribution in [3.63, 3.8) is 0 Å². The van der Waals surface area contributed by atoms with E-state index in [0.29, 0.717) is 5.92 Å². The normalized spacial score (nSPS) is 62.1. The minimum Gasteiger partial charge on any atom is -0.346 e. The summed E-state index contributed by atoms with van der Waals surface area (Å²) in [5.74, 6) is 4.13. The van der Waals surface area contributed by atoms with Gasteiger partial charge >= 0.3 is 0 Å². The van der Waals surface area contributed by atoms with Gasteiger partial charge in [-0.2, -0.15) is 0 Å². The van der Waals surface area contributed by atoms with E-state index in [2.05, 4.69) is 27.7 Å². The first-order chi connectivity index (χ1) is 7.92. The van der Waals surface area contributed by atoms with Crippen molar-refractivity contribution in [2.45, 2.75) is 64.4 Å². The molecule has 0 aromatic rings. The minimum atomic E-state index is 0.0155. The van der Waals surface area contributed by atoms with Crippen molar-refractivity contribution < 1.29 is 9.47 Å². The average Bonchev–Trinajstić information content (AvgIpc) is 2.95. The summed E-state index contributed by atoms with van der Waals surface area (Å²) < 4.78 is 12.4. The standard InChI is InChI=1S/C15H24O2/c1-8-13(16-14(8,2)3)17-15(4)11-6-9-5-10(11)7-12(9)15/h8-13H,5-7H2,1-4H3. The lowest BCUT2D eigenvalue weighted by atomic mass is 9.83. The Morgan fingerprint density at radius 1 is 1.00 bits per heavy atom. The molecule has 1 saturated heterocycles. The number of ether oxygens (including phenoxy) is 2. The highest BCUT2D eigenvalue weighted by Gasteiger charge is 2.68. The maximum Gasteiger partial charge on any atom is 0.164 e. The summed E-state index contributed by atoms with van der Waals surface area (Å²) in [4.78, 5) is 0. The average molecular weight is 236 g/mol. The second kappa shape index (κ2) is 2.91. The molecule has 4 bridgehead atoms. The molecule has 5 rings (SSSR count). The van der Waals surface area contributed by atoms with E-state index < -0.39 is 0 Å². The van der Waals surface area contributed by atoms with Crippen LogP contribution in [0, 0.1) is 29.6 Å². The van der Waals surface area contributed by atoms with Crippen LogP contribution in [0.25, 0.3) is 0 Å². The third-order valence-corrected chi connectivity index (χ3v) is 6.62. The second-order valence-corrected chi connectivity index (χ2v) is 7.62. The summed E-state index contributed by atoms with van der Waals surface area (Å²) in [6.45, 7) is 8.96. The lowest BCUT2D eigenvalue weighted by Gasteiger charge is -2.52. The Labute approximate surface area is 104 Å². The second-order valence-electron chi connectivity index (χ2n) is 7.62. The van der Waals surface area contributed by atoms with Gasteiger partial charge in [-0.25, -0.2) is 0 Å². The van der Waals surface area contributed by atoms with Crippen LogP contribution in [0.3, 0.4) is 0 Å². The van der Waals surface area contributed by atoms with Crippen molar-refractivity contribution in [2.24, 2.45) is 29.6 Å². The fraction of sp³-hybridized carbons (Fsp3) is 1.00. The van der Waals surface area contributed by atoms with E-state index in [1.165, 1.54) is 19.3 Å². The third kappa shape index (κ3) is 1.14. The summed E-state index contributed by atoms with van der Waals surface area (Å²) in [5.41, 5.74) is 0.157. The first-order valence-corrected chi connectivity index (χ1v) is 7.27. The molecule has 4 saturated carbocycles. The number of rotatable bonds is 2. The van der Waals surface area contributed by atoms with Crippen molar-refractivity contribution >= 4 is 0 Å². The Balaban J connectivity index is 1.51. The first kappa shape index (κ1) is 10.8. The Morgan fingerprint density at radius 3 is 2.00 bits per heavy atom. The Bertz CT molecular complexity index is 346. The monoisotopic (exact) mass is 236 g/mol. The minimum absolute atomic E-state index is 0.0155. The Hall–Kier alpha value is -0.0800. The van der Waals surface area contributed by atoms with Gasteiger partial charge in [0.25, 0.3) is 0 Å². The zero-order valence-electron chi connectivity index (χ0n) is 11.4. The largest absolute Gasteiger partial charge is 0.346 e. The molecule has 6 unspecified atom stereocenters. The van der Waals surface area contributed by atoms with Gasteiger partial charge in [-0.1, -0.05) is 6.92 Å². The molecule has 17 heavy (non-hydrogen) atoms. The van der Waals surface area contributed by atoms with Crippen molar-refractivity contribution in [2.75, 3.05) is 0 Å². The van der Waals surface area contributed by atoms with Crippen LogP contribution in [0.4, 0.5) is 0 Å². The summed E-state index contributed by atoms with van der Waals surface area (Å²) in [7, 11) is 0. The zero-order valence-corrected chi connectivity index (χ0v) is 11.4. The molecular formula is C15H24O2. The van der Waals surface area contributed by atoms with Gasteiger partial charge in [0, 0.05) is 5.92 Å². The Morgan fingerprint density at radius 2 is 1.59 bits per heavy atom. The van der Waals surface area contributed by atoms with E-state index in [4.69, 9.17) is 9.47 Å². The highest BCUT2D eigenvalue weighted by Crippen LogP contribution is 2.69. The SMILES string of the molecule is CC1C(OC2(C)C3CC4CC3CC42)OC1(C)C. The number of hydrogen-bond acceptors (Lipinski definition) is 2. The molecule has 0 amide bonds. The smallest absolute Gasteiger partial charge is 0.164 e. The van der Waals surface area contributed by atoms with Crippen LogP contribution in [-0.2, 0) is 9.47 Å². The lowest BCUT2D eigenvalue weighted by molar-refractivity contribution is -0.369. The van der Waals surface area contributed by atoms with Crippen LogP contribution in [0.2, 0.25) is 0 Å². The third-order valence-electron chi connectivity index (χ3n) is 6.62. The van der Waals surface area contributed by atoms with E-state index >= 15 is 0 Å². The maximum absolute atomic E-state index is 6.45. The van der Waals surface area contributed by atoms with Gasteiger partial charge in [0.1, 0.15) is 0 Å². The van der Waals surface area contributed by atoms with Crippen LogP contribution >= 0.6 is 0 Å². The molecule has 0 N–H and O–H groups in total. The molecule has 5 fully saturated rings. The fourth-order valence-corrected chi connectivity index (χ4v) is 5.27. The topological polar surface area (TPSA) is 18.5 Å².